The topological polar surface area (TPSA) is 59.0 Å². The predicted octanol–water partition coefficient (Wildman–Crippen LogP) is 5.17. The van der Waals surface area contributed by atoms with Gasteiger partial charge in [0.1, 0.15) is 24.7 Å². The van der Waals surface area contributed by atoms with Gasteiger partial charge < -0.3 is 14.6 Å². The number of nitrogens with zero attached hydrogens (tertiary/aromatic N) is 1. The summed E-state index contributed by atoms with van der Waals surface area (Å²) in [5.74, 6) is 0.494. The van der Waals surface area contributed by atoms with E-state index in [-0.39, 0.29) is 24.5 Å². The molecule has 8 heteroatoms. The second-order valence-electron chi connectivity index (χ2n) is 8.73. The second kappa shape index (κ2) is 9.47. The Morgan fingerprint density at radius 1 is 1.24 bits per heavy atom. The lowest BCUT2D eigenvalue weighted by Crippen LogP contribution is -2.26. The minimum absolute atomic E-state index is 0.0840. The first-order valence-electron chi connectivity index (χ1n) is 10.9. The summed E-state index contributed by atoms with van der Waals surface area (Å²) in [4.78, 5) is 13.1. The molecule has 0 amide bonds. The van der Waals surface area contributed by atoms with E-state index in [1.807, 2.05) is 6.07 Å². The highest BCUT2D eigenvalue weighted by molar-refractivity contribution is 5.67. The molecule has 0 saturated carbocycles. The van der Waals surface area contributed by atoms with Crippen molar-refractivity contribution >= 4 is 12.0 Å². The van der Waals surface area contributed by atoms with Gasteiger partial charge in [-0.3, -0.25) is 9.69 Å². The number of benzene rings is 2. The molecule has 0 radical (unpaired) electrons. The van der Waals surface area contributed by atoms with Crippen LogP contribution in [0.4, 0.5) is 13.2 Å². The van der Waals surface area contributed by atoms with Crippen molar-refractivity contribution < 1.29 is 32.5 Å². The van der Waals surface area contributed by atoms with Gasteiger partial charge in [0.2, 0.25) is 0 Å². The summed E-state index contributed by atoms with van der Waals surface area (Å²) >= 11 is 0. The summed E-state index contributed by atoms with van der Waals surface area (Å²) in [6.07, 6.45) is -1.30. The molecule has 0 spiro atoms. The van der Waals surface area contributed by atoms with Crippen molar-refractivity contribution in [2.75, 3.05) is 26.2 Å². The minimum atomic E-state index is -4.44. The Bertz CT molecular complexity index is 1060. The number of halogens is 3. The van der Waals surface area contributed by atoms with Crippen LogP contribution in [-0.4, -0.2) is 42.2 Å². The lowest BCUT2D eigenvalue weighted by Gasteiger charge is -2.23. The summed E-state index contributed by atoms with van der Waals surface area (Å²) in [6.45, 7) is 4.20. The first-order valence-corrected chi connectivity index (χ1v) is 10.9. The van der Waals surface area contributed by atoms with E-state index in [0.717, 1.165) is 43.3 Å². The number of carboxylic acids is 1. The number of fused-ring (bicyclic) bond motifs is 1. The predicted molar refractivity (Wildman–Crippen MR) is 117 cm³/mol. The molecule has 2 aliphatic rings. The quantitative estimate of drug-likeness (QED) is 0.617. The van der Waals surface area contributed by atoms with Gasteiger partial charge in [0, 0.05) is 36.7 Å². The van der Waals surface area contributed by atoms with Gasteiger partial charge in [0.05, 0.1) is 5.56 Å². The molecule has 1 fully saturated rings. The Morgan fingerprint density at radius 3 is 2.82 bits per heavy atom. The Labute approximate surface area is 190 Å². The number of aryl methyl sites for hydroxylation is 1. The Kier molecular flexibility index (Phi) is 6.65. The van der Waals surface area contributed by atoms with Crippen LogP contribution in [0.25, 0.3) is 6.08 Å². The van der Waals surface area contributed by atoms with E-state index in [9.17, 15) is 18.0 Å². The van der Waals surface area contributed by atoms with Crippen LogP contribution in [0.5, 0.6) is 11.5 Å². The first-order chi connectivity index (χ1) is 15.7. The standard InChI is InChI=1S/C25H26F3NO4/c1-16-2-3-20(22(8-16)25(26,27)28)15-32-21-5-4-19-9-18(14-33-23(19)11-21)13-29-7-6-17(12-29)10-24(30)31/h2-5,8-9,11,17H,6-7,10,12-15H2,1H3,(H,30,31). The van der Waals surface area contributed by atoms with Crippen LogP contribution in [0.15, 0.2) is 42.0 Å². The SMILES string of the molecule is Cc1ccc(COc2ccc3c(c2)OCC(CN2CCC(CC(=O)O)C2)=C3)c(C(F)(F)F)c1. The summed E-state index contributed by atoms with van der Waals surface area (Å²) in [5.41, 5.74) is 1.93. The summed E-state index contributed by atoms with van der Waals surface area (Å²) in [7, 11) is 0. The molecule has 1 atom stereocenters. The van der Waals surface area contributed by atoms with Crippen molar-refractivity contribution in [1.29, 1.82) is 0 Å². The van der Waals surface area contributed by atoms with Crippen molar-refractivity contribution in [3.8, 4) is 11.5 Å². The van der Waals surface area contributed by atoms with E-state index in [1.54, 1.807) is 25.1 Å². The zero-order valence-corrected chi connectivity index (χ0v) is 18.3. The van der Waals surface area contributed by atoms with Crippen LogP contribution in [-0.2, 0) is 17.6 Å². The smallest absolute Gasteiger partial charge is 0.416 e. The van der Waals surface area contributed by atoms with Crippen LogP contribution >= 0.6 is 0 Å². The van der Waals surface area contributed by atoms with E-state index in [4.69, 9.17) is 14.6 Å². The van der Waals surface area contributed by atoms with E-state index < -0.39 is 17.7 Å². The number of aliphatic carboxylic acids is 1. The number of carbonyl (C=O) groups is 1. The van der Waals surface area contributed by atoms with Crippen LogP contribution < -0.4 is 9.47 Å². The third-order valence-electron chi connectivity index (χ3n) is 5.98. The van der Waals surface area contributed by atoms with E-state index in [2.05, 4.69) is 11.0 Å². The fourth-order valence-corrected chi connectivity index (χ4v) is 4.37. The number of likely N-dealkylation sites (tertiary alicyclic amines) is 1. The number of hydrogen-bond donors (Lipinski definition) is 1. The van der Waals surface area contributed by atoms with Gasteiger partial charge in [-0.25, -0.2) is 0 Å². The molecule has 0 aromatic heterocycles. The first kappa shape index (κ1) is 23.2. The van der Waals surface area contributed by atoms with Crippen molar-refractivity contribution in [3.63, 3.8) is 0 Å². The summed E-state index contributed by atoms with van der Waals surface area (Å²) in [6, 6.07) is 9.47. The van der Waals surface area contributed by atoms with Crippen molar-refractivity contribution in [3.05, 3.63) is 64.2 Å². The lowest BCUT2D eigenvalue weighted by molar-refractivity contribution is -0.139. The molecule has 4 rings (SSSR count). The lowest BCUT2D eigenvalue weighted by atomic mass is 10.0. The van der Waals surface area contributed by atoms with E-state index in [0.29, 0.717) is 23.7 Å². The molecule has 2 aliphatic heterocycles. The molecule has 176 valence electrons. The Balaban J connectivity index is 1.39. The molecule has 2 aromatic rings. The summed E-state index contributed by atoms with van der Waals surface area (Å²) < 4.78 is 51.5. The molecular weight excluding hydrogens is 435 g/mol. The van der Waals surface area contributed by atoms with Gasteiger partial charge in [0.25, 0.3) is 0 Å². The molecular formula is C25H26F3NO4. The number of carboxylic acid groups (broad SMARTS) is 1. The van der Waals surface area contributed by atoms with Crippen LogP contribution in [0, 0.1) is 12.8 Å². The maximum Gasteiger partial charge on any atom is 0.416 e. The highest BCUT2D eigenvalue weighted by Gasteiger charge is 2.33. The summed E-state index contributed by atoms with van der Waals surface area (Å²) in [5, 5.41) is 8.97. The van der Waals surface area contributed by atoms with Crippen LogP contribution in [0.2, 0.25) is 0 Å². The third-order valence-corrected chi connectivity index (χ3v) is 5.98. The minimum Gasteiger partial charge on any atom is -0.489 e. The Morgan fingerprint density at radius 2 is 2.06 bits per heavy atom. The average Bonchev–Trinajstić information content (AvgIpc) is 3.18. The fourth-order valence-electron chi connectivity index (χ4n) is 4.37. The second-order valence-corrected chi connectivity index (χ2v) is 8.73. The van der Waals surface area contributed by atoms with Crippen molar-refractivity contribution in [2.45, 2.75) is 32.5 Å². The fraction of sp³-hybridized carbons (Fsp3) is 0.400. The van der Waals surface area contributed by atoms with Gasteiger partial charge >= 0.3 is 12.1 Å². The largest absolute Gasteiger partial charge is 0.489 e. The normalized spacial score (nSPS) is 18.4. The molecule has 1 unspecified atom stereocenters. The maximum absolute atomic E-state index is 13.3. The van der Waals surface area contributed by atoms with Gasteiger partial charge in [0.15, 0.2) is 0 Å². The monoisotopic (exact) mass is 461 g/mol. The van der Waals surface area contributed by atoms with Gasteiger partial charge in [-0.2, -0.15) is 13.2 Å². The molecule has 1 saturated heterocycles. The molecule has 33 heavy (non-hydrogen) atoms. The molecule has 5 nitrogen and oxygen atoms in total. The zero-order valence-electron chi connectivity index (χ0n) is 18.3. The molecule has 0 bridgehead atoms. The van der Waals surface area contributed by atoms with Crippen LogP contribution in [0.3, 0.4) is 0 Å². The Hall–Kier alpha value is -3.00. The van der Waals surface area contributed by atoms with Crippen molar-refractivity contribution in [1.82, 2.24) is 4.90 Å². The van der Waals surface area contributed by atoms with Gasteiger partial charge in [-0.05, 0) is 55.7 Å². The van der Waals surface area contributed by atoms with E-state index >= 15 is 0 Å². The number of ether oxygens (including phenoxy) is 2. The average molecular weight is 461 g/mol. The highest BCUT2D eigenvalue weighted by atomic mass is 19.4. The van der Waals surface area contributed by atoms with E-state index in [1.165, 1.54) is 6.07 Å². The number of hydrogen-bond acceptors (Lipinski definition) is 4. The number of rotatable bonds is 7. The molecule has 1 N–H and O–H groups in total. The van der Waals surface area contributed by atoms with Gasteiger partial charge in [-0.15, -0.1) is 0 Å². The maximum atomic E-state index is 13.3. The number of alkyl halides is 3. The molecule has 2 heterocycles. The van der Waals surface area contributed by atoms with Gasteiger partial charge in [-0.1, -0.05) is 17.7 Å². The van der Waals surface area contributed by atoms with Crippen molar-refractivity contribution in [2.24, 2.45) is 5.92 Å². The third kappa shape index (κ3) is 5.87. The molecule has 2 aromatic carbocycles. The highest BCUT2D eigenvalue weighted by Crippen LogP contribution is 2.35. The van der Waals surface area contributed by atoms with Crippen LogP contribution in [0.1, 0.15) is 35.1 Å². The molecule has 0 aliphatic carbocycles. The zero-order chi connectivity index (χ0) is 23.6.